The van der Waals surface area contributed by atoms with Crippen LogP contribution in [0.4, 0.5) is 0 Å². The molecule has 1 aromatic heterocycles. The third kappa shape index (κ3) is 2.88. The van der Waals surface area contributed by atoms with E-state index in [1.54, 1.807) is 0 Å². The Kier molecular flexibility index (Phi) is 4.03. The lowest BCUT2D eigenvalue weighted by Gasteiger charge is -2.05. The number of hydrogen-bond acceptors (Lipinski definition) is 1. The summed E-state index contributed by atoms with van der Waals surface area (Å²) in [5.41, 5.74) is 7.19. The van der Waals surface area contributed by atoms with Crippen molar-refractivity contribution in [1.82, 2.24) is 4.57 Å². The second-order valence-corrected chi connectivity index (χ2v) is 3.55. The molecule has 0 spiro atoms. The van der Waals surface area contributed by atoms with Crippen molar-refractivity contribution in [3.63, 3.8) is 0 Å². The van der Waals surface area contributed by atoms with Gasteiger partial charge in [-0.25, -0.2) is 0 Å². The molecule has 2 nitrogen and oxygen atoms in total. The highest BCUT2D eigenvalue weighted by Gasteiger charge is 2.03. The van der Waals surface area contributed by atoms with Gasteiger partial charge < -0.3 is 10.3 Å². The molecule has 1 atom stereocenters. The van der Waals surface area contributed by atoms with Gasteiger partial charge in [0, 0.05) is 25.0 Å². The topological polar surface area (TPSA) is 30.9 Å². The predicted molar refractivity (Wildman–Crippen MR) is 56.6 cm³/mol. The van der Waals surface area contributed by atoms with Crippen LogP contribution in [0.3, 0.4) is 0 Å². The molecule has 2 heteroatoms. The quantitative estimate of drug-likeness (QED) is 0.742. The van der Waals surface area contributed by atoms with E-state index in [2.05, 4.69) is 36.9 Å². The summed E-state index contributed by atoms with van der Waals surface area (Å²) in [6.07, 6.45) is 7.80. The van der Waals surface area contributed by atoms with Crippen LogP contribution in [0.1, 0.15) is 44.7 Å². The maximum absolute atomic E-state index is 5.92. The average molecular weight is 180 g/mol. The number of rotatable bonds is 5. The fourth-order valence-corrected chi connectivity index (χ4v) is 1.39. The summed E-state index contributed by atoms with van der Waals surface area (Å²) in [6, 6.07) is 2.34. The molecule has 1 heterocycles. The smallest absolute Gasteiger partial charge is 0.0307 e. The Morgan fingerprint density at radius 1 is 1.46 bits per heavy atom. The molecule has 0 aromatic carbocycles. The standard InChI is InChI=1S/C11H20N2/c1-3-5-7-13-8-6-10(9-13)11(12)4-2/h6,8-9,11H,3-5,7,12H2,1-2H3. The Hall–Kier alpha value is -0.760. The number of aromatic nitrogens is 1. The van der Waals surface area contributed by atoms with Gasteiger partial charge in [0.15, 0.2) is 0 Å². The van der Waals surface area contributed by atoms with E-state index >= 15 is 0 Å². The molecule has 0 aliphatic heterocycles. The zero-order valence-electron chi connectivity index (χ0n) is 8.66. The fraction of sp³-hybridized carbons (Fsp3) is 0.636. The largest absolute Gasteiger partial charge is 0.354 e. The normalized spacial score (nSPS) is 13.2. The first-order valence-corrected chi connectivity index (χ1v) is 5.19. The number of nitrogens with zero attached hydrogens (tertiary/aromatic N) is 1. The van der Waals surface area contributed by atoms with Crippen LogP contribution in [0.25, 0.3) is 0 Å². The molecule has 13 heavy (non-hydrogen) atoms. The van der Waals surface area contributed by atoms with E-state index in [9.17, 15) is 0 Å². The molecular weight excluding hydrogens is 160 g/mol. The highest BCUT2D eigenvalue weighted by Crippen LogP contribution is 2.13. The van der Waals surface area contributed by atoms with Gasteiger partial charge in [-0.2, -0.15) is 0 Å². The van der Waals surface area contributed by atoms with Gasteiger partial charge in [0.2, 0.25) is 0 Å². The maximum Gasteiger partial charge on any atom is 0.0307 e. The highest BCUT2D eigenvalue weighted by molar-refractivity contribution is 5.14. The fourth-order valence-electron chi connectivity index (χ4n) is 1.39. The lowest BCUT2D eigenvalue weighted by Crippen LogP contribution is -2.07. The lowest BCUT2D eigenvalue weighted by molar-refractivity contribution is 0.628. The van der Waals surface area contributed by atoms with Crippen molar-refractivity contribution in [3.8, 4) is 0 Å². The van der Waals surface area contributed by atoms with Crippen LogP contribution in [-0.2, 0) is 6.54 Å². The average Bonchev–Trinajstić information content (AvgIpc) is 2.62. The Balaban J connectivity index is 2.53. The Morgan fingerprint density at radius 3 is 2.85 bits per heavy atom. The summed E-state index contributed by atoms with van der Waals surface area (Å²) in [4.78, 5) is 0. The minimum absolute atomic E-state index is 0.211. The summed E-state index contributed by atoms with van der Waals surface area (Å²) in [5, 5.41) is 0. The summed E-state index contributed by atoms with van der Waals surface area (Å²) in [6.45, 7) is 5.45. The van der Waals surface area contributed by atoms with Crippen LogP contribution in [-0.4, -0.2) is 4.57 Å². The van der Waals surface area contributed by atoms with Crippen LogP contribution >= 0.6 is 0 Å². The van der Waals surface area contributed by atoms with Crippen LogP contribution in [0.2, 0.25) is 0 Å². The molecule has 1 unspecified atom stereocenters. The van der Waals surface area contributed by atoms with Gasteiger partial charge >= 0.3 is 0 Å². The molecule has 0 amide bonds. The molecule has 0 aliphatic carbocycles. The molecule has 2 N–H and O–H groups in total. The Bertz CT molecular complexity index is 240. The lowest BCUT2D eigenvalue weighted by atomic mass is 10.1. The van der Waals surface area contributed by atoms with Crippen molar-refractivity contribution in [2.45, 2.75) is 45.7 Å². The number of unbranched alkanes of at least 4 members (excludes halogenated alkanes) is 1. The molecule has 1 rings (SSSR count). The predicted octanol–water partition coefficient (Wildman–Crippen LogP) is 2.70. The van der Waals surface area contributed by atoms with Gasteiger partial charge in [0.25, 0.3) is 0 Å². The van der Waals surface area contributed by atoms with Gasteiger partial charge in [-0.05, 0) is 24.5 Å². The minimum atomic E-state index is 0.211. The summed E-state index contributed by atoms with van der Waals surface area (Å²) in [7, 11) is 0. The van der Waals surface area contributed by atoms with Crippen LogP contribution in [0.15, 0.2) is 18.5 Å². The van der Waals surface area contributed by atoms with Crippen molar-refractivity contribution in [3.05, 3.63) is 24.0 Å². The third-order valence-electron chi connectivity index (χ3n) is 2.41. The van der Waals surface area contributed by atoms with E-state index in [0.29, 0.717) is 0 Å². The highest BCUT2D eigenvalue weighted by atomic mass is 14.9. The van der Waals surface area contributed by atoms with E-state index < -0.39 is 0 Å². The van der Waals surface area contributed by atoms with E-state index in [-0.39, 0.29) is 6.04 Å². The van der Waals surface area contributed by atoms with Crippen molar-refractivity contribution in [2.24, 2.45) is 5.73 Å². The van der Waals surface area contributed by atoms with Crippen molar-refractivity contribution in [1.29, 1.82) is 0 Å². The SMILES string of the molecule is CCCCn1ccc(C(N)CC)c1. The van der Waals surface area contributed by atoms with Crippen molar-refractivity contribution in [2.75, 3.05) is 0 Å². The van der Waals surface area contributed by atoms with Crippen molar-refractivity contribution < 1.29 is 0 Å². The summed E-state index contributed by atoms with van der Waals surface area (Å²) >= 11 is 0. The van der Waals surface area contributed by atoms with Crippen LogP contribution in [0, 0.1) is 0 Å². The molecule has 74 valence electrons. The number of aryl methyl sites for hydroxylation is 1. The molecule has 0 saturated carbocycles. The first kappa shape index (κ1) is 10.3. The molecule has 0 saturated heterocycles. The Labute approximate surface area is 80.7 Å². The van der Waals surface area contributed by atoms with Gasteiger partial charge in [-0.1, -0.05) is 20.3 Å². The van der Waals surface area contributed by atoms with Crippen molar-refractivity contribution >= 4 is 0 Å². The molecule has 1 aromatic rings. The molecule has 0 bridgehead atoms. The zero-order valence-corrected chi connectivity index (χ0v) is 8.66. The second-order valence-electron chi connectivity index (χ2n) is 3.55. The minimum Gasteiger partial charge on any atom is -0.354 e. The monoisotopic (exact) mass is 180 g/mol. The van der Waals surface area contributed by atoms with Gasteiger partial charge in [0.1, 0.15) is 0 Å². The summed E-state index contributed by atoms with van der Waals surface area (Å²) < 4.78 is 2.23. The van der Waals surface area contributed by atoms with E-state index in [1.807, 2.05) is 0 Å². The first-order valence-electron chi connectivity index (χ1n) is 5.19. The molecule has 0 aliphatic rings. The van der Waals surface area contributed by atoms with Gasteiger partial charge in [0.05, 0.1) is 0 Å². The number of nitrogens with two attached hydrogens (primary N) is 1. The molecular formula is C11H20N2. The third-order valence-corrected chi connectivity index (χ3v) is 2.41. The first-order chi connectivity index (χ1) is 6.27. The maximum atomic E-state index is 5.92. The zero-order chi connectivity index (χ0) is 9.68. The van der Waals surface area contributed by atoms with Crippen LogP contribution < -0.4 is 5.73 Å². The van der Waals surface area contributed by atoms with Gasteiger partial charge in [-0.3, -0.25) is 0 Å². The van der Waals surface area contributed by atoms with E-state index in [1.165, 1.54) is 18.4 Å². The molecule has 0 fully saturated rings. The second kappa shape index (κ2) is 5.07. The van der Waals surface area contributed by atoms with Gasteiger partial charge in [-0.15, -0.1) is 0 Å². The summed E-state index contributed by atoms with van der Waals surface area (Å²) in [5.74, 6) is 0. The van der Waals surface area contributed by atoms with E-state index in [4.69, 9.17) is 5.73 Å². The van der Waals surface area contributed by atoms with E-state index in [0.717, 1.165) is 13.0 Å². The molecule has 0 radical (unpaired) electrons. The Morgan fingerprint density at radius 2 is 2.23 bits per heavy atom. The van der Waals surface area contributed by atoms with Crippen LogP contribution in [0.5, 0.6) is 0 Å². The number of hydrogen-bond donors (Lipinski definition) is 1.